The number of para-hydroxylation sites is 2. The van der Waals surface area contributed by atoms with Gasteiger partial charge in [-0.3, -0.25) is 14.5 Å². The first-order valence-corrected chi connectivity index (χ1v) is 8.86. The summed E-state index contributed by atoms with van der Waals surface area (Å²) in [5.74, 6) is -0.841. The summed E-state index contributed by atoms with van der Waals surface area (Å²) in [6, 6.07) is 13.5. The topological polar surface area (TPSA) is 49.4 Å². The van der Waals surface area contributed by atoms with Gasteiger partial charge in [-0.05, 0) is 45.0 Å². The van der Waals surface area contributed by atoms with Crippen LogP contribution in [0.25, 0.3) is 0 Å². The van der Waals surface area contributed by atoms with Crippen LogP contribution in [-0.2, 0) is 9.59 Å². The molecule has 130 valence electrons. The first-order chi connectivity index (χ1) is 11.8. The van der Waals surface area contributed by atoms with Crippen molar-refractivity contribution in [1.82, 2.24) is 0 Å². The molecule has 0 fully saturated rings. The smallest absolute Gasteiger partial charge is 0.250 e. The van der Waals surface area contributed by atoms with E-state index in [1.54, 1.807) is 57.2 Å². The van der Waals surface area contributed by atoms with Gasteiger partial charge >= 0.3 is 0 Å². The number of thioether (sulfide) groups is 1. The number of hydrogen-bond donors (Lipinski definition) is 1. The van der Waals surface area contributed by atoms with Crippen LogP contribution in [0.15, 0.2) is 53.4 Å². The summed E-state index contributed by atoms with van der Waals surface area (Å²) in [6.07, 6.45) is 0. The van der Waals surface area contributed by atoms with E-state index in [2.05, 4.69) is 5.32 Å². The second-order valence-electron chi connectivity index (χ2n) is 6.39. The van der Waals surface area contributed by atoms with Crippen molar-refractivity contribution in [1.29, 1.82) is 0 Å². The first-order valence-electron chi connectivity index (χ1n) is 7.98. The zero-order valence-electron chi connectivity index (χ0n) is 14.2. The Labute approximate surface area is 150 Å². The molecule has 0 unspecified atom stereocenters. The minimum absolute atomic E-state index is 0.236. The molecule has 1 atom stereocenters. The molecule has 1 N–H and O–H groups in total. The molecule has 0 saturated carbocycles. The highest BCUT2D eigenvalue weighted by Crippen LogP contribution is 2.38. The summed E-state index contributed by atoms with van der Waals surface area (Å²) in [7, 11) is 0. The number of fused-ring (bicyclic) bond motifs is 1. The monoisotopic (exact) mass is 358 g/mol. The van der Waals surface area contributed by atoms with Crippen LogP contribution < -0.4 is 10.2 Å². The van der Waals surface area contributed by atoms with Crippen LogP contribution in [0.3, 0.4) is 0 Å². The SMILES string of the molecule is C[C@H](Sc1ccccc1F)C(=O)N1c2ccccc2NC(=O)C1(C)C. The van der Waals surface area contributed by atoms with Crippen molar-refractivity contribution in [3.8, 4) is 0 Å². The van der Waals surface area contributed by atoms with Gasteiger partial charge in [0.25, 0.3) is 0 Å². The number of anilines is 2. The fourth-order valence-electron chi connectivity index (χ4n) is 2.81. The predicted octanol–water partition coefficient (Wildman–Crippen LogP) is 4.07. The van der Waals surface area contributed by atoms with Crippen molar-refractivity contribution in [2.75, 3.05) is 10.2 Å². The van der Waals surface area contributed by atoms with Crippen LogP contribution in [0.2, 0.25) is 0 Å². The Morgan fingerprint density at radius 3 is 2.52 bits per heavy atom. The van der Waals surface area contributed by atoms with Crippen molar-refractivity contribution in [3.05, 3.63) is 54.3 Å². The van der Waals surface area contributed by atoms with Gasteiger partial charge in [0.15, 0.2) is 0 Å². The Balaban J connectivity index is 1.94. The number of carbonyl (C=O) groups excluding carboxylic acids is 2. The third kappa shape index (κ3) is 3.14. The third-order valence-electron chi connectivity index (χ3n) is 4.22. The minimum Gasteiger partial charge on any atom is -0.322 e. The second kappa shape index (κ2) is 6.52. The van der Waals surface area contributed by atoms with E-state index in [0.29, 0.717) is 16.3 Å². The number of halogens is 1. The lowest BCUT2D eigenvalue weighted by Crippen LogP contribution is -2.60. The van der Waals surface area contributed by atoms with Crippen LogP contribution >= 0.6 is 11.8 Å². The second-order valence-corrected chi connectivity index (χ2v) is 7.78. The fourth-order valence-corrected chi connectivity index (χ4v) is 3.73. The molecule has 2 aromatic carbocycles. The van der Waals surface area contributed by atoms with Crippen LogP contribution in [0, 0.1) is 5.82 Å². The summed E-state index contributed by atoms with van der Waals surface area (Å²) >= 11 is 1.15. The molecule has 0 aliphatic carbocycles. The summed E-state index contributed by atoms with van der Waals surface area (Å²) in [5, 5.41) is 2.29. The van der Waals surface area contributed by atoms with E-state index in [4.69, 9.17) is 0 Å². The highest BCUT2D eigenvalue weighted by molar-refractivity contribution is 8.00. The maximum Gasteiger partial charge on any atom is 0.250 e. The Morgan fingerprint density at radius 1 is 1.16 bits per heavy atom. The molecule has 0 spiro atoms. The number of carbonyl (C=O) groups is 2. The lowest BCUT2D eigenvalue weighted by Gasteiger charge is -2.43. The largest absolute Gasteiger partial charge is 0.322 e. The van der Waals surface area contributed by atoms with Gasteiger partial charge in [0.1, 0.15) is 11.4 Å². The lowest BCUT2D eigenvalue weighted by molar-refractivity contribution is -0.126. The quantitative estimate of drug-likeness (QED) is 0.842. The maximum absolute atomic E-state index is 13.9. The molecule has 0 bridgehead atoms. The molecule has 0 saturated heterocycles. The summed E-state index contributed by atoms with van der Waals surface area (Å²) in [6.45, 7) is 5.14. The van der Waals surface area contributed by atoms with Crippen LogP contribution in [0.5, 0.6) is 0 Å². The van der Waals surface area contributed by atoms with Gasteiger partial charge in [-0.1, -0.05) is 24.3 Å². The highest BCUT2D eigenvalue weighted by atomic mass is 32.2. The molecule has 6 heteroatoms. The number of nitrogens with one attached hydrogen (secondary N) is 1. The van der Waals surface area contributed by atoms with Gasteiger partial charge in [0, 0.05) is 4.90 Å². The van der Waals surface area contributed by atoms with Gasteiger partial charge in [-0.2, -0.15) is 0 Å². The summed E-state index contributed by atoms with van der Waals surface area (Å²) < 4.78 is 13.9. The van der Waals surface area contributed by atoms with E-state index in [0.717, 1.165) is 11.8 Å². The van der Waals surface area contributed by atoms with E-state index in [1.807, 2.05) is 6.07 Å². The molecule has 1 aliphatic heterocycles. The molecule has 25 heavy (non-hydrogen) atoms. The van der Waals surface area contributed by atoms with E-state index >= 15 is 0 Å². The molecule has 1 heterocycles. The molecular weight excluding hydrogens is 339 g/mol. The summed E-state index contributed by atoms with van der Waals surface area (Å²) in [5.41, 5.74) is 0.219. The normalized spacial score (nSPS) is 16.8. The van der Waals surface area contributed by atoms with Gasteiger partial charge in [0.05, 0.1) is 16.6 Å². The average Bonchev–Trinajstić information content (AvgIpc) is 2.57. The lowest BCUT2D eigenvalue weighted by atomic mass is 9.96. The standard InChI is InChI=1S/C19H19FN2O2S/c1-12(25-16-11-7-4-8-13(16)20)17(23)22-15-10-6-5-9-14(15)21-18(24)19(22,2)3/h4-12H,1-3H3,(H,21,24)/t12-/m0/s1. The van der Waals surface area contributed by atoms with Crippen molar-refractivity contribution < 1.29 is 14.0 Å². The van der Waals surface area contributed by atoms with E-state index in [-0.39, 0.29) is 17.6 Å². The number of rotatable bonds is 3. The van der Waals surface area contributed by atoms with Gasteiger partial charge in [0.2, 0.25) is 11.8 Å². The van der Waals surface area contributed by atoms with Crippen LogP contribution in [-0.4, -0.2) is 22.6 Å². The molecule has 0 aromatic heterocycles. The van der Waals surface area contributed by atoms with Crippen LogP contribution in [0.1, 0.15) is 20.8 Å². The number of hydrogen-bond acceptors (Lipinski definition) is 3. The Kier molecular flexibility index (Phi) is 4.56. The van der Waals surface area contributed by atoms with Crippen molar-refractivity contribution >= 4 is 35.0 Å². The first kappa shape index (κ1) is 17.5. The minimum atomic E-state index is -1.03. The van der Waals surface area contributed by atoms with E-state index in [9.17, 15) is 14.0 Å². The zero-order chi connectivity index (χ0) is 18.2. The van der Waals surface area contributed by atoms with Crippen molar-refractivity contribution in [2.24, 2.45) is 0 Å². The molecule has 0 radical (unpaired) electrons. The predicted molar refractivity (Wildman–Crippen MR) is 98.4 cm³/mol. The Hall–Kier alpha value is -2.34. The molecule has 3 rings (SSSR count). The Morgan fingerprint density at radius 2 is 1.80 bits per heavy atom. The van der Waals surface area contributed by atoms with Crippen molar-refractivity contribution in [2.45, 2.75) is 36.5 Å². The van der Waals surface area contributed by atoms with Gasteiger partial charge in [-0.15, -0.1) is 11.8 Å². The molecule has 2 amide bonds. The maximum atomic E-state index is 13.9. The number of benzene rings is 2. The average molecular weight is 358 g/mol. The fraction of sp³-hybridized carbons (Fsp3) is 0.263. The van der Waals surface area contributed by atoms with Crippen molar-refractivity contribution in [3.63, 3.8) is 0 Å². The van der Waals surface area contributed by atoms with Crippen LogP contribution in [0.4, 0.5) is 15.8 Å². The molecule has 4 nitrogen and oxygen atoms in total. The number of amides is 2. The molecule has 1 aliphatic rings. The molecule has 2 aromatic rings. The molecular formula is C19H19FN2O2S. The van der Waals surface area contributed by atoms with Gasteiger partial charge in [-0.25, -0.2) is 4.39 Å². The summed E-state index contributed by atoms with van der Waals surface area (Å²) in [4.78, 5) is 27.5. The highest BCUT2D eigenvalue weighted by Gasteiger charge is 2.44. The number of nitrogens with zero attached hydrogens (tertiary/aromatic N) is 1. The van der Waals surface area contributed by atoms with Gasteiger partial charge < -0.3 is 5.32 Å². The van der Waals surface area contributed by atoms with E-state index in [1.165, 1.54) is 11.0 Å². The Bertz CT molecular complexity index is 838. The zero-order valence-corrected chi connectivity index (χ0v) is 15.1. The van der Waals surface area contributed by atoms with E-state index < -0.39 is 10.8 Å². The third-order valence-corrected chi connectivity index (χ3v) is 5.36.